The van der Waals surface area contributed by atoms with E-state index in [1.807, 2.05) is 6.92 Å². The van der Waals surface area contributed by atoms with Crippen molar-refractivity contribution in [2.75, 3.05) is 0 Å². The van der Waals surface area contributed by atoms with Gasteiger partial charge in [-0.1, -0.05) is 13.0 Å². The predicted molar refractivity (Wildman–Crippen MR) is 68.7 cm³/mol. The van der Waals surface area contributed by atoms with Crippen LogP contribution in [0.1, 0.15) is 31.7 Å². The van der Waals surface area contributed by atoms with Gasteiger partial charge in [0, 0.05) is 12.1 Å². The average molecular weight is 271 g/mol. The van der Waals surface area contributed by atoms with Crippen molar-refractivity contribution in [3.8, 4) is 0 Å². The maximum absolute atomic E-state index is 13.4. The fourth-order valence-corrected chi connectivity index (χ4v) is 2.07. The number of carbonyl (C=O) groups is 1. The maximum Gasteiger partial charge on any atom is 0.304 e. The number of rotatable bonds is 7. The lowest BCUT2D eigenvalue weighted by molar-refractivity contribution is -0.137. The van der Waals surface area contributed by atoms with Gasteiger partial charge in [-0.3, -0.25) is 4.79 Å². The van der Waals surface area contributed by atoms with Crippen LogP contribution in [0.4, 0.5) is 8.78 Å². The van der Waals surface area contributed by atoms with Gasteiger partial charge in [0.1, 0.15) is 11.6 Å². The molecule has 2 unspecified atom stereocenters. The van der Waals surface area contributed by atoms with Gasteiger partial charge in [0.2, 0.25) is 0 Å². The van der Waals surface area contributed by atoms with Crippen LogP contribution in [-0.4, -0.2) is 17.1 Å². The van der Waals surface area contributed by atoms with E-state index in [1.165, 1.54) is 12.1 Å². The van der Waals surface area contributed by atoms with Crippen molar-refractivity contribution in [2.45, 2.75) is 38.6 Å². The molecule has 5 heteroatoms. The number of nitrogens with two attached hydrogens (primary N) is 1. The van der Waals surface area contributed by atoms with Gasteiger partial charge < -0.3 is 10.8 Å². The smallest absolute Gasteiger partial charge is 0.304 e. The summed E-state index contributed by atoms with van der Waals surface area (Å²) in [5.74, 6) is -1.84. The molecule has 0 amide bonds. The first-order chi connectivity index (χ1) is 8.88. The third-order valence-electron chi connectivity index (χ3n) is 3.06. The number of hydrogen-bond donors (Lipinski definition) is 2. The highest BCUT2D eigenvalue weighted by Crippen LogP contribution is 2.17. The van der Waals surface area contributed by atoms with E-state index >= 15 is 0 Å². The summed E-state index contributed by atoms with van der Waals surface area (Å²) in [6.45, 7) is 1.95. The average Bonchev–Trinajstić information content (AvgIpc) is 2.26. The molecule has 0 heterocycles. The van der Waals surface area contributed by atoms with Gasteiger partial charge >= 0.3 is 5.97 Å². The minimum Gasteiger partial charge on any atom is -0.481 e. The van der Waals surface area contributed by atoms with Crippen LogP contribution in [0, 0.1) is 17.6 Å². The molecule has 2 atom stereocenters. The zero-order valence-corrected chi connectivity index (χ0v) is 10.9. The van der Waals surface area contributed by atoms with Crippen LogP contribution in [0.15, 0.2) is 18.2 Å². The number of aliphatic carboxylic acids is 1. The number of halogens is 2. The van der Waals surface area contributed by atoms with Gasteiger partial charge in [0.25, 0.3) is 0 Å². The van der Waals surface area contributed by atoms with Crippen LogP contribution >= 0.6 is 0 Å². The monoisotopic (exact) mass is 271 g/mol. The normalized spacial score (nSPS) is 14.1. The summed E-state index contributed by atoms with van der Waals surface area (Å²) in [6, 6.07) is 3.16. The minimum atomic E-state index is -0.913. The van der Waals surface area contributed by atoms with Crippen molar-refractivity contribution < 1.29 is 18.7 Å². The Kier molecular flexibility index (Phi) is 5.89. The second kappa shape index (κ2) is 7.19. The quantitative estimate of drug-likeness (QED) is 0.801. The molecule has 1 rings (SSSR count). The second-order valence-electron chi connectivity index (χ2n) is 4.97. The van der Waals surface area contributed by atoms with Gasteiger partial charge in [0.05, 0.1) is 6.42 Å². The molecule has 0 aromatic heterocycles. The molecule has 0 aliphatic rings. The van der Waals surface area contributed by atoms with Crippen LogP contribution in [0.3, 0.4) is 0 Å². The fourth-order valence-electron chi connectivity index (χ4n) is 2.07. The molecule has 1 aromatic carbocycles. The van der Waals surface area contributed by atoms with Gasteiger partial charge in [-0.05, 0) is 36.8 Å². The topological polar surface area (TPSA) is 63.3 Å². The van der Waals surface area contributed by atoms with Crippen LogP contribution in [0.2, 0.25) is 0 Å². The van der Waals surface area contributed by atoms with Crippen LogP contribution in [0.5, 0.6) is 0 Å². The molecule has 0 aliphatic carbocycles. The van der Waals surface area contributed by atoms with Gasteiger partial charge in [-0.25, -0.2) is 8.78 Å². The Balaban J connectivity index is 2.41. The first-order valence-electron chi connectivity index (χ1n) is 6.29. The molecule has 106 valence electrons. The lowest BCUT2D eigenvalue weighted by Gasteiger charge is -2.16. The largest absolute Gasteiger partial charge is 0.481 e. The van der Waals surface area contributed by atoms with Crippen molar-refractivity contribution in [3.05, 3.63) is 35.4 Å². The molecule has 0 radical (unpaired) electrons. The molecule has 3 N–H and O–H groups in total. The third-order valence-corrected chi connectivity index (χ3v) is 3.06. The molecule has 19 heavy (non-hydrogen) atoms. The van der Waals surface area contributed by atoms with Crippen LogP contribution < -0.4 is 5.73 Å². The number of benzene rings is 1. The first-order valence-corrected chi connectivity index (χ1v) is 6.29. The highest BCUT2D eigenvalue weighted by Gasteiger charge is 2.13. The minimum absolute atomic E-state index is 0.0603. The zero-order chi connectivity index (χ0) is 14.4. The molecular formula is C14H19F2NO2. The summed E-state index contributed by atoms with van der Waals surface area (Å²) in [5.41, 5.74) is 6.16. The second-order valence-corrected chi connectivity index (χ2v) is 4.97. The van der Waals surface area contributed by atoms with E-state index in [9.17, 15) is 13.6 Å². The molecular weight excluding hydrogens is 252 g/mol. The van der Waals surface area contributed by atoms with Crippen molar-refractivity contribution in [1.29, 1.82) is 0 Å². The first kappa shape index (κ1) is 15.6. The molecule has 0 saturated carbocycles. The van der Waals surface area contributed by atoms with Gasteiger partial charge in [-0.15, -0.1) is 0 Å². The lowest BCUT2D eigenvalue weighted by atomic mass is 9.94. The van der Waals surface area contributed by atoms with E-state index in [0.29, 0.717) is 24.8 Å². The third kappa shape index (κ3) is 5.79. The Morgan fingerprint density at radius 1 is 1.42 bits per heavy atom. The Morgan fingerprint density at radius 3 is 2.68 bits per heavy atom. The van der Waals surface area contributed by atoms with Crippen molar-refractivity contribution in [2.24, 2.45) is 11.7 Å². The summed E-state index contributed by atoms with van der Waals surface area (Å²) in [6.07, 6.45) is 1.70. The van der Waals surface area contributed by atoms with E-state index in [2.05, 4.69) is 0 Å². The molecule has 0 spiro atoms. The maximum atomic E-state index is 13.4. The fraction of sp³-hybridized carbons (Fsp3) is 0.500. The number of carboxylic acid groups (broad SMARTS) is 1. The summed E-state index contributed by atoms with van der Waals surface area (Å²) < 4.78 is 26.1. The van der Waals surface area contributed by atoms with E-state index in [-0.39, 0.29) is 18.4 Å². The molecule has 0 saturated heterocycles. The van der Waals surface area contributed by atoms with E-state index in [0.717, 1.165) is 6.07 Å². The van der Waals surface area contributed by atoms with Gasteiger partial charge in [-0.2, -0.15) is 0 Å². The summed E-state index contributed by atoms with van der Waals surface area (Å²) in [5, 5.41) is 8.60. The Bertz CT molecular complexity index is 437. The lowest BCUT2D eigenvalue weighted by Crippen LogP contribution is -2.26. The van der Waals surface area contributed by atoms with Crippen molar-refractivity contribution in [3.63, 3.8) is 0 Å². The summed E-state index contributed by atoms with van der Waals surface area (Å²) >= 11 is 0. The highest BCUT2D eigenvalue weighted by molar-refractivity contribution is 5.67. The van der Waals surface area contributed by atoms with E-state index < -0.39 is 17.6 Å². The Hall–Kier alpha value is -1.49. The van der Waals surface area contributed by atoms with Crippen LogP contribution in [-0.2, 0) is 11.2 Å². The van der Waals surface area contributed by atoms with Crippen molar-refractivity contribution >= 4 is 5.97 Å². The Labute approximate surface area is 111 Å². The number of hydrogen-bond acceptors (Lipinski definition) is 2. The predicted octanol–water partition coefficient (Wildman–Crippen LogP) is 2.73. The van der Waals surface area contributed by atoms with Crippen molar-refractivity contribution in [1.82, 2.24) is 0 Å². The molecule has 3 nitrogen and oxygen atoms in total. The van der Waals surface area contributed by atoms with Gasteiger partial charge in [0.15, 0.2) is 0 Å². The Morgan fingerprint density at radius 2 is 2.11 bits per heavy atom. The summed E-state index contributed by atoms with van der Waals surface area (Å²) in [4.78, 5) is 10.5. The number of carboxylic acids is 1. The summed E-state index contributed by atoms with van der Waals surface area (Å²) in [7, 11) is 0. The van der Waals surface area contributed by atoms with E-state index in [1.54, 1.807) is 0 Å². The molecule has 0 aliphatic heterocycles. The SMILES string of the molecule is CC(CCc1ccc(F)cc1F)CC(N)CC(=O)O. The molecule has 0 bridgehead atoms. The highest BCUT2D eigenvalue weighted by atomic mass is 19.1. The standard InChI is InChI=1S/C14H19F2NO2/c1-9(6-12(17)8-14(18)19)2-3-10-4-5-11(15)7-13(10)16/h4-5,7,9,12H,2-3,6,8,17H2,1H3,(H,18,19). The van der Waals surface area contributed by atoms with Crippen LogP contribution in [0.25, 0.3) is 0 Å². The molecule has 1 aromatic rings. The molecule has 0 fully saturated rings. The number of aryl methyl sites for hydroxylation is 1. The zero-order valence-electron chi connectivity index (χ0n) is 10.9. The van der Waals surface area contributed by atoms with E-state index in [4.69, 9.17) is 10.8 Å².